The molecular weight excluding hydrogens is 210 g/mol. The van der Waals surface area contributed by atoms with Gasteiger partial charge in [0.2, 0.25) is 0 Å². The monoisotopic (exact) mass is 217 g/mol. The molecule has 0 amide bonds. The molecule has 3 nitrogen and oxygen atoms in total. The molecule has 0 atom stereocenters. The maximum absolute atomic E-state index is 10.2. The van der Waals surface area contributed by atoms with Gasteiger partial charge in [-0.05, 0) is 6.07 Å². The van der Waals surface area contributed by atoms with Crippen molar-refractivity contribution >= 4 is 23.0 Å². The molecule has 0 N–H and O–H groups in total. The maximum Gasteiger partial charge on any atom is 0.177 e. The molecule has 0 spiro atoms. The molecule has 1 aromatic rings. The first kappa shape index (κ1) is 10.1. The van der Waals surface area contributed by atoms with Gasteiger partial charge >= 0.3 is 0 Å². The molecule has 11 heavy (non-hydrogen) atoms. The molecule has 1 heterocycles. The van der Waals surface area contributed by atoms with E-state index >= 15 is 0 Å². The van der Waals surface area contributed by atoms with Crippen LogP contribution in [0.25, 0.3) is 0 Å². The fourth-order valence-electron chi connectivity index (χ4n) is 0.709. The van der Waals surface area contributed by atoms with Crippen LogP contribution in [0.1, 0.15) is 10.4 Å². The third-order valence-electron chi connectivity index (χ3n) is 1.18. The standard InChI is InChI=1S/C7H7NO2.BrH/c1-8-4-2-3-6(5-8)7(9)10;/h2-5H,1H3;1H. The van der Waals surface area contributed by atoms with E-state index in [0.717, 1.165) is 0 Å². The molecule has 4 heteroatoms. The highest BCUT2D eigenvalue weighted by Gasteiger charge is 1.96. The first-order chi connectivity index (χ1) is 4.70. The van der Waals surface area contributed by atoms with Crippen molar-refractivity contribution in [3.8, 4) is 0 Å². The lowest BCUT2D eigenvalue weighted by Crippen LogP contribution is -2.31. The summed E-state index contributed by atoms with van der Waals surface area (Å²) in [6.45, 7) is 0. The van der Waals surface area contributed by atoms with Crippen molar-refractivity contribution in [3.05, 3.63) is 30.1 Å². The molecule has 0 saturated carbocycles. The SMILES string of the molecule is Br.C[n+]1cccc(C(=O)[O-])c1. The quantitative estimate of drug-likeness (QED) is 0.594. The van der Waals surface area contributed by atoms with Gasteiger partial charge in [-0.15, -0.1) is 17.0 Å². The number of hydrogen-bond donors (Lipinski definition) is 0. The zero-order valence-corrected chi connectivity index (χ0v) is 7.69. The predicted molar refractivity (Wildman–Crippen MR) is 42.3 cm³/mol. The van der Waals surface area contributed by atoms with E-state index in [1.807, 2.05) is 0 Å². The van der Waals surface area contributed by atoms with Crippen LogP contribution in [-0.4, -0.2) is 5.97 Å². The Hall–Kier alpha value is -0.900. The number of carbonyl (C=O) groups excluding carboxylic acids is 1. The third-order valence-corrected chi connectivity index (χ3v) is 1.18. The second-order valence-electron chi connectivity index (χ2n) is 2.05. The molecule has 0 aliphatic rings. The molecule has 60 valence electrons. The zero-order chi connectivity index (χ0) is 7.56. The number of carbonyl (C=O) groups is 1. The summed E-state index contributed by atoms with van der Waals surface area (Å²) in [6.07, 6.45) is 3.25. The van der Waals surface area contributed by atoms with Crippen LogP contribution in [0, 0.1) is 0 Å². The highest BCUT2D eigenvalue weighted by molar-refractivity contribution is 8.93. The number of pyridine rings is 1. The van der Waals surface area contributed by atoms with E-state index in [4.69, 9.17) is 0 Å². The average molecular weight is 218 g/mol. The van der Waals surface area contributed by atoms with Crippen LogP contribution >= 0.6 is 17.0 Å². The summed E-state index contributed by atoms with van der Waals surface area (Å²) in [5.41, 5.74) is 0.199. The minimum atomic E-state index is -1.14. The second-order valence-corrected chi connectivity index (χ2v) is 2.05. The summed E-state index contributed by atoms with van der Waals surface area (Å²) in [6, 6.07) is 3.15. The van der Waals surface area contributed by atoms with E-state index in [2.05, 4.69) is 0 Å². The largest absolute Gasteiger partial charge is 0.545 e. The lowest BCUT2D eigenvalue weighted by molar-refractivity contribution is -0.671. The number of rotatable bonds is 1. The van der Waals surface area contributed by atoms with Crippen LogP contribution in [0.15, 0.2) is 24.5 Å². The zero-order valence-electron chi connectivity index (χ0n) is 5.98. The summed E-state index contributed by atoms with van der Waals surface area (Å²) in [5.74, 6) is -1.14. The fraction of sp³-hybridized carbons (Fsp3) is 0.143. The minimum absolute atomic E-state index is 0. The lowest BCUT2D eigenvalue weighted by Gasteiger charge is -1.96. The third kappa shape index (κ3) is 2.67. The van der Waals surface area contributed by atoms with Crippen LogP contribution in [0.5, 0.6) is 0 Å². The van der Waals surface area contributed by atoms with E-state index in [9.17, 15) is 9.90 Å². The van der Waals surface area contributed by atoms with E-state index in [-0.39, 0.29) is 22.5 Å². The number of hydrogen-bond acceptors (Lipinski definition) is 2. The van der Waals surface area contributed by atoms with E-state index in [0.29, 0.717) is 0 Å². The van der Waals surface area contributed by atoms with Crippen LogP contribution < -0.4 is 9.67 Å². The van der Waals surface area contributed by atoms with Crippen molar-refractivity contribution in [1.29, 1.82) is 0 Å². The normalized spacial score (nSPS) is 8.45. The average Bonchev–Trinajstić information content (AvgIpc) is 1.88. The van der Waals surface area contributed by atoms with Gasteiger partial charge in [-0.2, -0.15) is 0 Å². The molecule has 1 rings (SSSR count). The second kappa shape index (κ2) is 4.08. The van der Waals surface area contributed by atoms with Gasteiger partial charge in [-0.25, -0.2) is 4.57 Å². The molecule has 0 radical (unpaired) electrons. The van der Waals surface area contributed by atoms with Crippen molar-refractivity contribution in [1.82, 2.24) is 0 Å². The summed E-state index contributed by atoms with van der Waals surface area (Å²) in [4.78, 5) is 10.2. The van der Waals surface area contributed by atoms with Crippen LogP contribution in [-0.2, 0) is 7.05 Å². The Bertz CT molecular complexity index is 262. The van der Waals surface area contributed by atoms with Crippen molar-refractivity contribution in [3.63, 3.8) is 0 Å². The van der Waals surface area contributed by atoms with Gasteiger partial charge in [0.25, 0.3) is 0 Å². The van der Waals surface area contributed by atoms with Gasteiger partial charge in [0, 0.05) is 6.07 Å². The number of carboxylic acid groups (broad SMARTS) is 1. The molecule has 0 aromatic carbocycles. The van der Waals surface area contributed by atoms with E-state index < -0.39 is 5.97 Å². The summed E-state index contributed by atoms with van der Waals surface area (Å²) in [5, 5.41) is 10.2. The number of halogens is 1. The Morgan fingerprint density at radius 2 is 2.27 bits per heavy atom. The van der Waals surface area contributed by atoms with Crippen LogP contribution in [0.4, 0.5) is 0 Å². The molecule has 1 aromatic heterocycles. The van der Waals surface area contributed by atoms with Crippen LogP contribution in [0.3, 0.4) is 0 Å². The number of nitrogens with zero attached hydrogens (tertiary/aromatic N) is 1. The summed E-state index contributed by atoms with van der Waals surface area (Å²) < 4.78 is 1.66. The molecule has 0 fully saturated rings. The smallest absolute Gasteiger partial charge is 0.177 e. The van der Waals surface area contributed by atoms with Crippen molar-refractivity contribution in [2.75, 3.05) is 0 Å². The van der Waals surface area contributed by atoms with Crippen molar-refractivity contribution in [2.24, 2.45) is 7.05 Å². The molecular formula is C7H8BrNO2. The lowest BCUT2D eigenvalue weighted by atomic mass is 10.3. The predicted octanol–water partition coefficient (Wildman–Crippen LogP) is -0.548. The van der Waals surface area contributed by atoms with Gasteiger partial charge in [-0.3, -0.25) is 0 Å². The Morgan fingerprint density at radius 1 is 1.64 bits per heavy atom. The molecule has 0 saturated heterocycles. The summed E-state index contributed by atoms with van der Waals surface area (Å²) in [7, 11) is 1.76. The van der Waals surface area contributed by atoms with Gasteiger partial charge in [0.05, 0.1) is 11.5 Å². The van der Waals surface area contributed by atoms with Gasteiger partial charge in [0.15, 0.2) is 12.4 Å². The molecule has 0 unspecified atom stereocenters. The Morgan fingerprint density at radius 3 is 2.64 bits per heavy atom. The van der Waals surface area contributed by atoms with E-state index in [1.165, 1.54) is 12.3 Å². The van der Waals surface area contributed by atoms with Gasteiger partial charge in [-0.1, -0.05) is 0 Å². The first-order valence-corrected chi connectivity index (χ1v) is 2.87. The number of carboxylic acids is 1. The highest BCUT2D eigenvalue weighted by atomic mass is 79.9. The molecule has 0 aliphatic carbocycles. The van der Waals surface area contributed by atoms with Gasteiger partial charge in [0.1, 0.15) is 7.05 Å². The highest BCUT2D eigenvalue weighted by Crippen LogP contribution is 1.89. The maximum atomic E-state index is 10.2. The summed E-state index contributed by atoms with van der Waals surface area (Å²) >= 11 is 0. The topological polar surface area (TPSA) is 44.0 Å². The van der Waals surface area contributed by atoms with Crippen LogP contribution in [0.2, 0.25) is 0 Å². The first-order valence-electron chi connectivity index (χ1n) is 2.87. The number of aromatic carboxylic acids is 1. The Kier molecular flexibility index (Phi) is 3.74. The van der Waals surface area contributed by atoms with E-state index in [1.54, 1.807) is 23.9 Å². The number of aromatic nitrogens is 1. The van der Waals surface area contributed by atoms with Crippen molar-refractivity contribution in [2.45, 2.75) is 0 Å². The Labute approximate surface area is 75.1 Å². The van der Waals surface area contributed by atoms with Crippen molar-refractivity contribution < 1.29 is 14.5 Å². The molecule has 0 bridgehead atoms. The number of aryl methyl sites for hydroxylation is 1. The fourth-order valence-corrected chi connectivity index (χ4v) is 0.709. The van der Waals surface area contributed by atoms with Gasteiger partial charge < -0.3 is 9.90 Å². The molecule has 0 aliphatic heterocycles. The minimum Gasteiger partial charge on any atom is -0.545 e. The Balaban J connectivity index is 0.000001000.